The predicted molar refractivity (Wildman–Crippen MR) is 104 cm³/mol. The molecule has 3 rings (SSSR count). The van der Waals surface area contributed by atoms with Crippen LogP contribution in [0.3, 0.4) is 0 Å². The van der Waals surface area contributed by atoms with Crippen LogP contribution in [-0.2, 0) is 14.3 Å². The fraction of sp³-hybridized carbons (Fsp3) is 0.150. The van der Waals surface area contributed by atoms with E-state index in [4.69, 9.17) is 9.47 Å². The molecule has 0 aliphatic heterocycles. The SMILES string of the molecule is O=C(COC(=O)CCOc1ccccc1)Nc1nc(-c2ccccc2)cs1. The number of benzene rings is 2. The van der Waals surface area contributed by atoms with Crippen molar-refractivity contribution in [1.29, 1.82) is 0 Å². The maximum absolute atomic E-state index is 11.9. The van der Waals surface area contributed by atoms with E-state index in [1.165, 1.54) is 11.3 Å². The Labute approximate surface area is 160 Å². The van der Waals surface area contributed by atoms with Crippen molar-refractivity contribution in [3.05, 3.63) is 66.0 Å². The number of esters is 1. The molecule has 0 fully saturated rings. The van der Waals surface area contributed by atoms with Crippen molar-refractivity contribution >= 4 is 28.3 Å². The molecule has 0 unspecified atom stereocenters. The molecule has 0 atom stereocenters. The second-order valence-electron chi connectivity index (χ2n) is 5.52. The van der Waals surface area contributed by atoms with Crippen LogP contribution in [0.2, 0.25) is 0 Å². The number of carbonyl (C=O) groups excluding carboxylic acids is 2. The maximum atomic E-state index is 11.9. The van der Waals surface area contributed by atoms with Crippen LogP contribution in [0.4, 0.5) is 5.13 Å². The van der Waals surface area contributed by atoms with E-state index >= 15 is 0 Å². The van der Waals surface area contributed by atoms with Gasteiger partial charge in [0.05, 0.1) is 18.7 Å². The summed E-state index contributed by atoms with van der Waals surface area (Å²) in [5.74, 6) is -0.243. The molecule has 0 spiro atoms. The monoisotopic (exact) mass is 382 g/mol. The minimum absolute atomic E-state index is 0.0670. The van der Waals surface area contributed by atoms with Gasteiger partial charge in [0.2, 0.25) is 0 Å². The predicted octanol–water partition coefficient (Wildman–Crippen LogP) is 3.76. The minimum atomic E-state index is -0.495. The summed E-state index contributed by atoms with van der Waals surface area (Å²) in [6, 6.07) is 18.8. The lowest BCUT2D eigenvalue weighted by Gasteiger charge is -2.06. The molecule has 0 saturated heterocycles. The third kappa shape index (κ3) is 5.93. The molecule has 0 saturated carbocycles. The average molecular weight is 382 g/mol. The van der Waals surface area contributed by atoms with Gasteiger partial charge < -0.3 is 9.47 Å². The molecule has 2 aromatic carbocycles. The van der Waals surface area contributed by atoms with E-state index in [-0.39, 0.29) is 19.6 Å². The van der Waals surface area contributed by atoms with E-state index in [2.05, 4.69) is 10.3 Å². The van der Waals surface area contributed by atoms with Gasteiger partial charge in [-0.25, -0.2) is 4.98 Å². The van der Waals surface area contributed by atoms with Gasteiger partial charge in [0, 0.05) is 10.9 Å². The van der Waals surface area contributed by atoms with Gasteiger partial charge in [-0.15, -0.1) is 11.3 Å². The summed E-state index contributed by atoms with van der Waals surface area (Å²) in [6.45, 7) is -0.165. The Hall–Kier alpha value is -3.19. The molecular formula is C20H18N2O4S. The molecular weight excluding hydrogens is 364 g/mol. The molecule has 3 aromatic rings. The number of carbonyl (C=O) groups is 2. The molecule has 0 aliphatic carbocycles. The van der Waals surface area contributed by atoms with Crippen molar-refractivity contribution in [2.75, 3.05) is 18.5 Å². The summed E-state index contributed by atoms with van der Waals surface area (Å²) in [6.07, 6.45) is 0.0670. The second-order valence-corrected chi connectivity index (χ2v) is 6.38. The first-order valence-corrected chi connectivity index (χ1v) is 9.23. The zero-order chi connectivity index (χ0) is 18.9. The number of thiazole rings is 1. The number of ether oxygens (including phenoxy) is 2. The number of hydrogen-bond donors (Lipinski definition) is 1. The quantitative estimate of drug-likeness (QED) is 0.600. The molecule has 7 heteroatoms. The van der Waals surface area contributed by atoms with Crippen LogP contribution in [0.25, 0.3) is 11.3 Å². The highest BCUT2D eigenvalue weighted by Gasteiger charge is 2.11. The molecule has 1 aromatic heterocycles. The number of rotatable bonds is 8. The molecule has 1 N–H and O–H groups in total. The molecule has 0 radical (unpaired) electrons. The van der Waals surface area contributed by atoms with Gasteiger partial charge in [-0.1, -0.05) is 48.5 Å². The van der Waals surface area contributed by atoms with Crippen LogP contribution in [0.1, 0.15) is 6.42 Å². The highest BCUT2D eigenvalue weighted by Crippen LogP contribution is 2.24. The Bertz CT molecular complexity index is 881. The van der Waals surface area contributed by atoms with Crippen molar-refractivity contribution in [1.82, 2.24) is 4.98 Å². The molecule has 1 heterocycles. The van der Waals surface area contributed by atoms with E-state index in [9.17, 15) is 9.59 Å². The minimum Gasteiger partial charge on any atom is -0.493 e. The highest BCUT2D eigenvalue weighted by molar-refractivity contribution is 7.14. The van der Waals surface area contributed by atoms with Gasteiger partial charge in [0.1, 0.15) is 5.75 Å². The summed E-state index contributed by atoms with van der Waals surface area (Å²) in [5, 5.41) is 4.95. The van der Waals surface area contributed by atoms with Crippen LogP contribution in [0.5, 0.6) is 5.75 Å². The van der Waals surface area contributed by atoms with Crippen LogP contribution in [0, 0.1) is 0 Å². The molecule has 27 heavy (non-hydrogen) atoms. The Kier molecular flexibility index (Phi) is 6.54. The van der Waals surface area contributed by atoms with Gasteiger partial charge in [-0.2, -0.15) is 0 Å². The van der Waals surface area contributed by atoms with E-state index in [0.29, 0.717) is 10.9 Å². The Morgan fingerprint density at radius 1 is 1.00 bits per heavy atom. The van der Waals surface area contributed by atoms with Gasteiger partial charge in [-0.05, 0) is 12.1 Å². The summed E-state index contributed by atoms with van der Waals surface area (Å²) in [4.78, 5) is 27.9. The van der Waals surface area contributed by atoms with Crippen LogP contribution >= 0.6 is 11.3 Å². The van der Waals surface area contributed by atoms with E-state index in [1.807, 2.05) is 53.9 Å². The molecule has 6 nitrogen and oxygen atoms in total. The summed E-state index contributed by atoms with van der Waals surface area (Å²) >= 11 is 1.31. The van der Waals surface area contributed by atoms with Gasteiger partial charge in [0.15, 0.2) is 11.7 Å². The lowest BCUT2D eigenvalue weighted by Crippen LogP contribution is -2.21. The normalized spacial score (nSPS) is 10.2. The zero-order valence-electron chi connectivity index (χ0n) is 14.5. The van der Waals surface area contributed by atoms with Crippen molar-refractivity contribution in [2.45, 2.75) is 6.42 Å². The first-order valence-electron chi connectivity index (χ1n) is 8.35. The standard InChI is InChI=1S/C20H18N2O4S/c23-18(13-26-19(24)11-12-25-16-9-5-2-6-10-16)22-20-21-17(14-27-20)15-7-3-1-4-8-15/h1-10,14H,11-13H2,(H,21,22,23). The summed E-state index contributed by atoms with van der Waals surface area (Å²) in [5.41, 5.74) is 1.75. The number of anilines is 1. The van der Waals surface area contributed by atoms with Crippen LogP contribution in [-0.4, -0.2) is 30.1 Å². The zero-order valence-corrected chi connectivity index (χ0v) is 15.3. The molecule has 0 bridgehead atoms. The molecule has 138 valence electrons. The smallest absolute Gasteiger partial charge is 0.309 e. The van der Waals surface area contributed by atoms with Crippen molar-refractivity contribution in [2.24, 2.45) is 0 Å². The Balaban J connectivity index is 1.38. The third-order valence-corrected chi connectivity index (χ3v) is 4.26. The Morgan fingerprint density at radius 2 is 1.70 bits per heavy atom. The first kappa shape index (κ1) is 18.6. The van der Waals surface area contributed by atoms with Crippen molar-refractivity contribution < 1.29 is 19.1 Å². The number of amides is 1. The Morgan fingerprint density at radius 3 is 2.44 bits per heavy atom. The number of nitrogens with one attached hydrogen (secondary N) is 1. The lowest BCUT2D eigenvalue weighted by atomic mass is 10.2. The largest absolute Gasteiger partial charge is 0.493 e. The van der Waals surface area contributed by atoms with Crippen molar-refractivity contribution in [3.63, 3.8) is 0 Å². The van der Waals surface area contributed by atoms with Crippen LogP contribution in [0.15, 0.2) is 66.0 Å². The topological polar surface area (TPSA) is 77.5 Å². The fourth-order valence-corrected chi connectivity index (χ4v) is 2.95. The van der Waals surface area contributed by atoms with Gasteiger partial charge in [-0.3, -0.25) is 14.9 Å². The first-order chi connectivity index (χ1) is 13.2. The van der Waals surface area contributed by atoms with E-state index in [1.54, 1.807) is 12.1 Å². The van der Waals surface area contributed by atoms with Crippen molar-refractivity contribution in [3.8, 4) is 17.0 Å². The summed E-state index contributed by atoms with van der Waals surface area (Å²) < 4.78 is 10.4. The number of para-hydroxylation sites is 1. The average Bonchev–Trinajstić information content (AvgIpc) is 3.16. The van der Waals surface area contributed by atoms with Gasteiger partial charge >= 0.3 is 5.97 Å². The number of hydrogen-bond acceptors (Lipinski definition) is 6. The van der Waals surface area contributed by atoms with E-state index < -0.39 is 11.9 Å². The lowest BCUT2D eigenvalue weighted by molar-refractivity contribution is -0.147. The van der Waals surface area contributed by atoms with Gasteiger partial charge in [0.25, 0.3) is 5.91 Å². The van der Waals surface area contributed by atoms with E-state index in [0.717, 1.165) is 11.3 Å². The fourth-order valence-electron chi connectivity index (χ4n) is 2.22. The highest BCUT2D eigenvalue weighted by atomic mass is 32.1. The van der Waals surface area contributed by atoms with Crippen LogP contribution < -0.4 is 10.1 Å². The number of aromatic nitrogens is 1. The maximum Gasteiger partial charge on any atom is 0.309 e. The molecule has 1 amide bonds. The molecule has 0 aliphatic rings. The number of nitrogens with zero attached hydrogens (tertiary/aromatic N) is 1. The second kappa shape index (κ2) is 9.49. The third-order valence-electron chi connectivity index (χ3n) is 3.50. The summed E-state index contributed by atoms with van der Waals surface area (Å²) in [7, 11) is 0.